The fourth-order valence-electron chi connectivity index (χ4n) is 2.39. The van der Waals surface area contributed by atoms with Crippen LogP contribution in [-0.4, -0.2) is 14.8 Å². The number of hydrogen-bond donors (Lipinski definition) is 0. The minimum absolute atomic E-state index is 0.305. The van der Waals surface area contributed by atoms with Crippen molar-refractivity contribution in [1.82, 2.24) is 14.8 Å². The lowest BCUT2D eigenvalue weighted by atomic mass is 10.2. The van der Waals surface area contributed by atoms with Gasteiger partial charge in [-0.25, -0.2) is 4.39 Å². The third-order valence-electron chi connectivity index (χ3n) is 3.70. The first kappa shape index (κ1) is 18.2. The van der Waals surface area contributed by atoms with Crippen molar-refractivity contribution in [3.8, 4) is 11.4 Å². The molecule has 25 heavy (non-hydrogen) atoms. The first-order chi connectivity index (χ1) is 12.1. The third-order valence-corrected chi connectivity index (χ3v) is 6.12. The number of rotatable bonds is 7. The third kappa shape index (κ3) is 3.97. The summed E-state index contributed by atoms with van der Waals surface area (Å²) in [6.45, 7) is 6.53. The van der Waals surface area contributed by atoms with Crippen molar-refractivity contribution < 1.29 is 4.39 Å². The predicted octanol–water partition coefficient (Wildman–Crippen LogP) is 5.84. The quantitative estimate of drug-likeness (QED) is 0.373. The molecule has 0 fully saturated rings. The van der Waals surface area contributed by atoms with E-state index in [0.29, 0.717) is 22.9 Å². The minimum Gasteiger partial charge on any atom is -0.298 e. The van der Waals surface area contributed by atoms with Crippen LogP contribution in [0.3, 0.4) is 0 Å². The van der Waals surface area contributed by atoms with Gasteiger partial charge in [0.2, 0.25) is 0 Å². The molecular formula is C18H17ClFN3S2. The van der Waals surface area contributed by atoms with Gasteiger partial charge in [0.25, 0.3) is 0 Å². The Kier molecular flexibility index (Phi) is 5.93. The lowest BCUT2D eigenvalue weighted by Gasteiger charge is -2.08. The van der Waals surface area contributed by atoms with Crippen LogP contribution in [0.15, 0.2) is 47.5 Å². The van der Waals surface area contributed by atoms with E-state index in [0.717, 1.165) is 23.0 Å². The molecule has 0 bridgehead atoms. The van der Waals surface area contributed by atoms with Crippen LogP contribution in [0.4, 0.5) is 4.39 Å². The summed E-state index contributed by atoms with van der Waals surface area (Å²) in [6.07, 6.45) is 2.80. The number of benzene rings is 1. The fraction of sp³-hybridized carbons (Fsp3) is 0.222. The highest BCUT2D eigenvalue weighted by molar-refractivity contribution is 7.98. The molecule has 0 atom stereocenters. The van der Waals surface area contributed by atoms with E-state index in [1.54, 1.807) is 29.5 Å². The highest BCUT2D eigenvalue weighted by Gasteiger charge is 2.16. The van der Waals surface area contributed by atoms with Crippen molar-refractivity contribution in [2.24, 2.45) is 0 Å². The molecule has 2 aromatic heterocycles. The maximum atomic E-state index is 14.0. The normalized spacial score (nSPS) is 11.0. The summed E-state index contributed by atoms with van der Waals surface area (Å²) in [6, 6.07) is 6.85. The minimum atomic E-state index is -0.305. The van der Waals surface area contributed by atoms with Gasteiger partial charge in [-0.15, -0.1) is 28.1 Å². The van der Waals surface area contributed by atoms with Crippen LogP contribution < -0.4 is 0 Å². The number of allylic oxidation sites excluding steroid dienone is 1. The Balaban J connectivity index is 1.88. The van der Waals surface area contributed by atoms with Crippen molar-refractivity contribution >= 4 is 34.7 Å². The van der Waals surface area contributed by atoms with E-state index in [2.05, 4.69) is 35.1 Å². The Hall–Kier alpha value is -1.63. The lowest BCUT2D eigenvalue weighted by Crippen LogP contribution is -2.00. The van der Waals surface area contributed by atoms with Crippen LogP contribution in [-0.2, 0) is 18.7 Å². The molecule has 3 aromatic rings. The number of aryl methyl sites for hydroxylation is 1. The van der Waals surface area contributed by atoms with E-state index in [1.165, 1.54) is 22.7 Å². The molecular weight excluding hydrogens is 377 g/mol. The van der Waals surface area contributed by atoms with Crippen molar-refractivity contribution in [3.63, 3.8) is 0 Å². The largest absolute Gasteiger partial charge is 0.298 e. The topological polar surface area (TPSA) is 30.7 Å². The molecule has 0 radical (unpaired) electrons. The molecule has 0 spiro atoms. The van der Waals surface area contributed by atoms with Crippen molar-refractivity contribution in [2.75, 3.05) is 0 Å². The van der Waals surface area contributed by atoms with Gasteiger partial charge in [-0.1, -0.05) is 42.4 Å². The molecule has 0 N–H and O–H groups in total. The zero-order valence-corrected chi connectivity index (χ0v) is 16.1. The molecule has 2 heterocycles. The van der Waals surface area contributed by atoms with Crippen LogP contribution in [0.1, 0.15) is 17.4 Å². The van der Waals surface area contributed by atoms with Crippen LogP contribution in [0, 0.1) is 5.82 Å². The first-order valence-corrected chi connectivity index (χ1v) is 10.1. The lowest BCUT2D eigenvalue weighted by molar-refractivity contribution is 0.617. The second kappa shape index (κ2) is 8.17. The summed E-state index contributed by atoms with van der Waals surface area (Å²) >= 11 is 9.24. The summed E-state index contributed by atoms with van der Waals surface area (Å²) in [7, 11) is 0. The average Bonchev–Trinajstić information content (AvgIpc) is 3.22. The fourth-order valence-corrected chi connectivity index (χ4v) is 4.50. The molecule has 1 aromatic carbocycles. The van der Waals surface area contributed by atoms with Gasteiger partial charge in [0, 0.05) is 38.7 Å². The zero-order valence-electron chi connectivity index (χ0n) is 13.7. The van der Waals surface area contributed by atoms with Gasteiger partial charge in [0.05, 0.1) is 0 Å². The summed E-state index contributed by atoms with van der Waals surface area (Å²) in [4.78, 5) is 1.30. The number of nitrogens with zero attached hydrogens (tertiary/aromatic N) is 3. The molecule has 3 nitrogen and oxygen atoms in total. The number of thiophene rings is 1. The average molecular weight is 394 g/mol. The standard InChI is InChI=1S/C18H17ClFN3S2/c1-3-8-23-17(12-9-13(4-2)24-10-12)21-22-18(23)25-11-14-15(19)6-5-7-16(14)20/h3,5-7,9-10H,1,4,8,11H2,2H3. The van der Waals surface area contributed by atoms with E-state index in [-0.39, 0.29) is 5.82 Å². The number of hydrogen-bond acceptors (Lipinski definition) is 4. The van der Waals surface area contributed by atoms with E-state index in [9.17, 15) is 4.39 Å². The molecule has 0 unspecified atom stereocenters. The van der Waals surface area contributed by atoms with Crippen LogP contribution in [0.5, 0.6) is 0 Å². The molecule has 0 aliphatic heterocycles. The number of aromatic nitrogens is 3. The molecule has 0 aliphatic rings. The van der Waals surface area contributed by atoms with Gasteiger partial charge < -0.3 is 0 Å². The number of halogens is 2. The van der Waals surface area contributed by atoms with Gasteiger partial charge >= 0.3 is 0 Å². The molecule has 0 amide bonds. The Morgan fingerprint density at radius 3 is 2.92 bits per heavy atom. The van der Waals surface area contributed by atoms with Gasteiger partial charge in [0.15, 0.2) is 11.0 Å². The zero-order chi connectivity index (χ0) is 17.8. The highest BCUT2D eigenvalue weighted by atomic mass is 35.5. The summed E-state index contributed by atoms with van der Waals surface area (Å²) in [5.41, 5.74) is 1.53. The maximum absolute atomic E-state index is 14.0. The second-order valence-electron chi connectivity index (χ2n) is 5.35. The Morgan fingerprint density at radius 1 is 1.40 bits per heavy atom. The highest BCUT2D eigenvalue weighted by Crippen LogP contribution is 2.31. The Bertz CT molecular complexity index is 868. The van der Waals surface area contributed by atoms with Crippen LogP contribution >= 0.6 is 34.7 Å². The van der Waals surface area contributed by atoms with Crippen molar-refractivity contribution in [1.29, 1.82) is 0 Å². The molecule has 3 rings (SSSR count). The summed E-state index contributed by atoms with van der Waals surface area (Å²) in [5, 5.41) is 11.9. The van der Waals surface area contributed by atoms with Gasteiger partial charge in [-0.05, 0) is 24.6 Å². The molecule has 0 aliphatic carbocycles. The summed E-state index contributed by atoms with van der Waals surface area (Å²) in [5.74, 6) is 0.892. The SMILES string of the molecule is C=CCn1c(SCc2c(F)cccc2Cl)nnc1-c1csc(CC)c1. The maximum Gasteiger partial charge on any atom is 0.192 e. The van der Waals surface area contributed by atoms with E-state index >= 15 is 0 Å². The number of thioether (sulfide) groups is 1. The Labute approximate surface area is 159 Å². The van der Waals surface area contributed by atoms with Crippen LogP contribution in [0.2, 0.25) is 5.02 Å². The van der Waals surface area contributed by atoms with E-state index in [1.807, 2.05) is 4.57 Å². The molecule has 0 saturated carbocycles. The smallest absolute Gasteiger partial charge is 0.192 e. The van der Waals surface area contributed by atoms with Crippen molar-refractivity contribution in [3.05, 3.63) is 63.6 Å². The van der Waals surface area contributed by atoms with Gasteiger partial charge in [-0.3, -0.25) is 4.57 Å². The second-order valence-corrected chi connectivity index (χ2v) is 7.70. The van der Waals surface area contributed by atoms with Crippen molar-refractivity contribution in [2.45, 2.75) is 30.8 Å². The van der Waals surface area contributed by atoms with Gasteiger partial charge in [0.1, 0.15) is 5.82 Å². The molecule has 0 saturated heterocycles. The molecule has 7 heteroatoms. The van der Waals surface area contributed by atoms with Gasteiger partial charge in [-0.2, -0.15) is 0 Å². The first-order valence-electron chi connectivity index (χ1n) is 7.81. The predicted molar refractivity (Wildman–Crippen MR) is 104 cm³/mol. The monoisotopic (exact) mass is 393 g/mol. The Morgan fingerprint density at radius 2 is 2.24 bits per heavy atom. The molecule has 130 valence electrons. The van der Waals surface area contributed by atoms with E-state index < -0.39 is 0 Å². The summed E-state index contributed by atoms with van der Waals surface area (Å²) < 4.78 is 16.0. The van der Waals surface area contributed by atoms with Crippen LogP contribution in [0.25, 0.3) is 11.4 Å². The van der Waals surface area contributed by atoms with E-state index in [4.69, 9.17) is 11.6 Å².